The van der Waals surface area contributed by atoms with Crippen molar-refractivity contribution >= 4 is 0 Å². The van der Waals surface area contributed by atoms with Crippen LogP contribution in [-0.4, -0.2) is 7.05 Å². The van der Waals surface area contributed by atoms with Crippen LogP contribution in [0.4, 0.5) is 0 Å². The van der Waals surface area contributed by atoms with Crippen molar-refractivity contribution in [1.82, 2.24) is 0 Å². The molecule has 0 aliphatic rings. The minimum absolute atomic E-state index is 1.17. The largest absolute Gasteiger partial charge is 0.193 e. The Morgan fingerprint density at radius 3 is 2.14 bits per heavy atom. The molecule has 0 unspecified atom stereocenters. The van der Waals surface area contributed by atoms with Crippen LogP contribution in [0.3, 0.4) is 0 Å². The summed E-state index contributed by atoms with van der Waals surface area (Å²) in [6.45, 7) is 3.96. The first-order valence-corrected chi connectivity index (χ1v) is 2.19. The molecule has 0 rings (SSSR count). The molecule has 0 amide bonds. The second kappa shape index (κ2) is 3.53. The van der Waals surface area contributed by atoms with Gasteiger partial charge in [0.2, 0.25) is 0 Å². The van der Waals surface area contributed by atoms with Gasteiger partial charge in [-0.1, -0.05) is 5.57 Å². The molecule has 40 valence electrons. The van der Waals surface area contributed by atoms with E-state index in [1.807, 2.05) is 13.8 Å². The second-order valence-corrected chi connectivity index (χ2v) is 1.52. The maximum Gasteiger partial charge on any atom is 0.0491 e. The van der Waals surface area contributed by atoms with Crippen molar-refractivity contribution in [3.8, 4) is 0 Å². The van der Waals surface area contributed by atoms with Crippen molar-refractivity contribution in [2.24, 2.45) is 10.2 Å². The standard InChI is InChI=1S/C5H10N2/c1-5(2)4-7-6-3/h4H,1-3H3. The third kappa shape index (κ3) is 5.34. The fourth-order valence-electron chi connectivity index (χ4n) is 0.173. The second-order valence-electron chi connectivity index (χ2n) is 1.52. The van der Waals surface area contributed by atoms with E-state index in [0.29, 0.717) is 0 Å². The Kier molecular flexibility index (Phi) is 3.19. The van der Waals surface area contributed by atoms with Crippen LogP contribution in [0, 0.1) is 0 Å². The molecule has 0 aromatic heterocycles. The van der Waals surface area contributed by atoms with Crippen molar-refractivity contribution in [1.29, 1.82) is 0 Å². The molecule has 0 aliphatic carbocycles. The third-order valence-electron chi connectivity index (χ3n) is 0.431. The Bertz CT molecular complexity index is 88.3. The number of azo groups is 1. The first-order valence-electron chi connectivity index (χ1n) is 2.19. The van der Waals surface area contributed by atoms with Crippen molar-refractivity contribution < 1.29 is 0 Å². The van der Waals surface area contributed by atoms with Gasteiger partial charge in [0.05, 0.1) is 0 Å². The quantitative estimate of drug-likeness (QED) is 0.448. The van der Waals surface area contributed by atoms with Crippen LogP contribution in [0.15, 0.2) is 22.0 Å². The smallest absolute Gasteiger partial charge is 0.0491 e. The van der Waals surface area contributed by atoms with E-state index >= 15 is 0 Å². The monoisotopic (exact) mass is 98.1 g/mol. The average molecular weight is 98.1 g/mol. The molecule has 0 saturated heterocycles. The minimum atomic E-state index is 1.17. The van der Waals surface area contributed by atoms with Crippen molar-refractivity contribution in [3.63, 3.8) is 0 Å². The van der Waals surface area contributed by atoms with E-state index in [9.17, 15) is 0 Å². The molecule has 0 aromatic rings. The van der Waals surface area contributed by atoms with Crippen molar-refractivity contribution in [3.05, 3.63) is 11.8 Å². The predicted octanol–water partition coefficient (Wildman–Crippen LogP) is 1.99. The SMILES string of the molecule is CN=NC=C(C)C. The molecule has 0 aromatic carbocycles. The molecule has 0 atom stereocenters. The van der Waals surface area contributed by atoms with Crippen LogP contribution in [-0.2, 0) is 0 Å². The van der Waals surface area contributed by atoms with Crippen LogP contribution in [0.2, 0.25) is 0 Å². The van der Waals surface area contributed by atoms with Gasteiger partial charge in [-0.2, -0.15) is 10.2 Å². The summed E-state index contributed by atoms with van der Waals surface area (Å²) >= 11 is 0. The Hall–Kier alpha value is -0.660. The van der Waals surface area contributed by atoms with Crippen LogP contribution in [0.5, 0.6) is 0 Å². The molecule has 0 spiro atoms. The van der Waals surface area contributed by atoms with Gasteiger partial charge in [-0.25, -0.2) is 0 Å². The van der Waals surface area contributed by atoms with Crippen molar-refractivity contribution in [2.75, 3.05) is 7.05 Å². The molecule has 0 N–H and O–H groups in total. The maximum absolute atomic E-state index is 3.63. The number of rotatable bonds is 1. The molecule has 0 radical (unpaired) electrons. The van der Waals surface area contributed by atoms with Gasteiger partial charge in [-0.3, -0.25) is 0 Å². The Labute approximate surface area is 44.0 Å². The Morgan fingerprint density at radius 1 is 1.43 bits per heavy atom. The van der Waals surface area contributed by atoms with E-state index in [-0.39, 0.29) is 0 Å². The van der Waals surface area contributed by atoms with E-state index in [1.165, 1.54) is 5.57 Å². The van der Waals surface area contributed by atoms with E-state index in [2.05, 4.69) is 10.2 Å². The first-order chi connectivity index (χ1) is 3.27. The molecule has 0 saturated carbocycles. The van der Waals surface area contributed by atoms with Gasteiger partial charge in [0.15, 0.2) is 0 Å². The zero-order valence-electron chi connectivity index (χ0n) is 4.97. The summed E-state index contributed by atoms with van der Waals surface area (Å²) in [4.78, 5) is 0. The van der Waals surface area contributed by atoms with E-state index in [4.69, 9.17) is 0 Å². The van der Waals surface area contributed by atoms with Gasteiger partial charge < -0.3 is 0 Å². The summed E-state index contributed by atoms with van der Waals surface area (Å²) in [5, 5.41) is 7.16. The fourth-order valence-corrected chi connectivity index (χ4v) is 0.173. The van der Waals surface area contributed by atoms with Crippen LogP contribution < -0.4 is 0 Å². The van der Waals surface area contributed by atoms with Gasteiger partial charge in [-0.15, -0.1) is 0 Å². The molecular formula is C5H10N2. The molecule has 7 heavy (non-hydrogen) atoms. The summed E-state index contributed by atoms with van der Waals surface area (Å²) < 4.78 is 0. The molecule has 0 aliphatic heterocycles. The number of hydrogen-bond acceptors (Lipinski definition) is 2. The normalized spacial score (nSPS) is 9.57. The highest BCUT2D eigenvalue weighted by Crippen LogP contribution is 1.87. The minimum Gasteiger partial charge on any atom is -0.193 e. The lowest BCUT2D eigenvalue weighted by molar-refractivity contribution is 1.14. The summed E-state index contributed by atoms with van der Waals surface area (Å²) in [6, 6.07) is 0. The highest BCUT2D eigenvalue weighted by atomic mass is 15.1. The molecule has 0 bridgehead atoms. The van der Waals surface area contributed by atoms with E-state index in [0.717, 1.165) is 0 Å². The predicted molar refractivity (Wildman–Crippen MR) is 30.2 cm³/mol. The van der Waals surface area contributed by atoms with Gasteiger partial charge >= 0.3 is 0 Å². The number of nitrogens with zero attached hydrogens (tertiary/aromatic N) is 2. The summed E-state index contributed by atoms with van der Waals surface area (Å²) in [5.41, 5.74) is 1.17. The summed E-state index contributed by atoms with van der Waals surface area (Å²) in [5.74, 6) is 0. The highest BCUT2D eigenvalue weighted by molar-refractivity contribution is 4.89. The summed E-state index contributed by atoms with van der Waals surface area (Å²) in [7, 11) is 1.65. The van der Waals surface area contributed by atoms with Gasteiger partial charge in [-0.05, 0) is 13.8 Å². The Morgan fingerprint density at radius 2 is 2.00 bits per heavy atom. The molecule has 0 fully saturated rings. The molecule has 2 nitrogen and oxygen atoms in total. The number of allylic oxidation sites excluding steroid dienone is 1. The lowest BCUT2D eigenvalue weighted by Crippen LogP contribution is -1.56. The van der Waals surface area contributed by atoms with Gasteiger partial charge in [0.25, 0.3) is 0 Å². The lowest BCUT2D eigenvalue weighted by atomic mass is 10.4. The summed E-state index contributed by atoms with van der Waals surface area (Å²) in [6.07, 6.45) is 1.72. The van der Waals surface area contributed by atoms with E-state index < -0.39 is 0 Å². The van der Waals surface area contributed by atoms with Crippen molar-refractivity contribution in [2.45, 2.75) is 13.8 Å². The van der Waals surface area contributed by atoms with E-state index in [1.54, 1.807) is 13.2 Å². The number of hydrogen-bond donors (Lipinski definition) is 0. The van der Waals surface area contributed by atoms with Gasteiger partial charge in [0, 0.05) is 13.2 Å². The zero-order chi connectivity index (χ0) is 5.70. The van der Waals surface area contributed by atoms with Crippen LogP contribution >= 0.6 is 0 Å². The molecule has 0 heterocycles. The molecular weight excluding hydrogens is 88.1 g/mol. The average Bonchev–Trinajstić information content (AvgIpc) is 1.61. The van der Waals surface area contributed by atoms with Crippen LogP contribution in [0.1, 0.15) is 13.8 Å². The zero-order valence-corrected chi connectivity index (χ0v) is 4.97. The van der Waals surface area contributed by atoms with Gasteiger partial charge in [0.1, 0.15) is 0 Å². The molecule has 2 heteroatoms. The lowest BCUT2D eigenvalue weighted by Gasteiger charge is -1.76. The van der Waals surface area contributed by atoms with Crippen LogP contribution in [0.25, 0.3) is 0 Å². The first kappa shape index (κ1) is 6.34. The third-order valence-corrected chi connectivity index (χ3v) is 0.431. The highest BCUT2D eigenvalue weighted by Gasteiger charge is 1.67. The maximum atomic E-state index is 3.63. The fraction of sp³-hybridized carbons (Fsp3) is 0.600. The Balaban J connectivity index is 3.46. The topological polar surface area (TPSA) is 24.7 Å².